The zero-order chi connectivity index (χ0) is 19.5. The van der Waals surface area contributed by atoms with Gasteiger partial charge in [-0.25, -0.2) is 0 Å². The Labute approximate surface area is 166 Å². The summed E-state index contributed by atoms with van der Waals surface area (Å²) in [6.45, 7) is 1.99. The zero-order valence-electron chi connectivity index (χ0n) is 15.0. The molecule has 0 aliphatic rings. The third-order valence-electron chi connectivity index (χ3n) is 4.27. The van der Waals surface area contributed by atoms with Gasteiger partial charge in [0.05, 0.1) is 11.3 Å². The zero-order valence-corrected chi connectivity index (χ0v) is 15.7. The molecule has 1 N–H and O–H groups in total. The number of halogens is 1. The van der Waals surface area contributed by atoms with Gasteiger partial charge in [-0.15, -0.1) is 0 Å². The quantitative estimate of drug-likeness (QED) is 0.522. The Bertz CT molecular complexity index is 1120. The molecule has 0 radical (unpaired) electrons. The second-order valence-electron chi connectivity index (χ2n) is 6.18. The number of furan rings is 1. The predicted molar refractivity (Wildman–Crippen MR) is 105 cm³/mol. The normalized spacial score (nSPS) is 10.8. The fourth-order valence-electron chi connectivity index (χ4n) is 2.91. The number of amides is 1. The molecular formula is C21H16ClN3O3. The van der Waals surface area contributed by atoms with Crippen LogP contribution < -0.4 is 5.32 Å². The van der Waals surface area contributed by atoms with Gasteiger partial charge in [0.1, 0.15) is 22.8 Å². The first-order chi connectivity index (χ1) is 13.6. The summed E-state index contributed by atoms with van der Waals surface area (Å²) in [5.41, 5.74) is 3.12. The minimum atomic E-state index is -0.294. The summed E-state index contributed by atoms with van der Waals surface area (Å²) in [6.07, 6.45) is 5.01. The van der Waals surface area contributed by atoms with Crippen LogP contribution in [0.4, 0.5) is 0 Å². The predicted octanol–water partition coefficient (Wildman–Crippen LogP) is 4.89. The first kappa shape index (κ1) is 18.0. The minimum absolute atomic E-state index is 0.294. The van der Waals surface area contributed by atoms with Crippen LogP contribution in [0.5, 0.6) is 0 Å². The van der Waals surface area contributed by atoms with Crippen LogP contribution in [0.1, 0.15) is 21.7 Å². The number of benzene rings is 1. The van der Waals surface area contributed by atoms with E-state index in [4.69, 9.17) is 20.5 Å². The fraction of sp³-hybridized carbons (Fsp3) is 0.0952. The summed E-state index contributed by atoms with van der Waals surface area (Å²) >= 11 is 6.25. The van der Waals surface area contributed by atoms with E-state index < -0.39 is 0 Å². The van der Waals surface area contributed by atoms with E-state index in [0.717, 1.165) is 16.9 Å². The number of pyridine rings is 1. The van der Waals surface area contributed by atoms with E-state index in [0.29, 0.717) is 34.1 Å². The first-order valence-corrected chi connectivity index (χ1v) is 8.98. The number of hydrogen-bond donors (Lipinski definition) is 1. The number of carbonyl (C=O) groups is 1. The van der Waals surface area contributed by atoms with Crippen molar-refractivity contribution in [3.05, 3.63) is 83.0 Å². The van der Waals surface area contributed by atoms with Crippen molar-refractivity contribution in [2.75, 3.05) is 0 Å². The molecule has 28 heavy (non-hydrogen) atoms. The van der Waals surface area contributed by atoms with Gasteiger partial charge in [-0.2, -0.15) is 0 Å². The SMILES string of the molecule is Cc1onc(-c2ccccc2Cl)c1C(=O)NCc1cncc(-c2ccco2)c1. The third kappa shape index (κ3) is 3.54. The molecule has 6 nitrogen and oxygen atoms in total. The summed E-state index contributed by atoms with van der Waals surface area (Å²) in [4.78, 5) is 17.0. The van der Waals surface area contributed by atoms with Crippen molar-refractivity contribution in [2.24, 2.45) is 0 Å². The van der Waals surface area contributed by atoms with E-state index in [-0.39, 0.29) is 5.91 Å². The van der Waals surface area contributed by atoms with E-state index in [1.165, 1.54) is 0 Å². The average Bonchev–Trinajstić information content (AvgIpc) is 3.37. The Morgan fingerprint density at radius 1 is 1.18 bits per heavy atom. The van der Waals surface area contributed by atoms with Crippen LogP contribution >= 0.6 is 11.6 Å². The van der Waals surface area contributed by atoms with Crippen LogP contribution in [0.3, 0.4) is 0 Å². The van der Waals surface area contributed by atoms with Crippen LogP contribution in [-0.2, 0) is 6.54 Å². The lowest BCUT2D eigenvalue weighted by Gasteiger charge is -2.07. The van der Waals surface area contributed by atoms with E-state index in [1.54, 1.807) is 37.7 Å². The van der Waals surface area contributed by atoms with Gasteiger partial charge in [0.2, 0.25) is 0 Å². The maximum Gasteiger partial charge on any atom is 0.257 e. The molecule has 0 saturated carbocycles. The molecule has 0 aliphatic heterocycles. The number of hydrogen-bond acceptors (Lipinski definition) is 5. The lowest BCUT2D eigenvalue weighted by atomic mass is 10.1. The summed E-state index contributed by atoms with van der Waals surface area (Å²) in [5, 5.41) is 7.42. The van der Waals surface area contributed by atoms with Gasteiger partial charge in [0.15, 0.2) is 0 Å². The molecule has 0 unspecified atom stereocenters. The number of carbonyl (C=O) groups excluding carboxylic acids is 1. The van der Waals surface area contributed by atoms with Gasteiger partial charge in [0, 0.05) is 30.1 Å². The smallest absolute Gasteiger partial charge is 0.257 e. The number of aryl methyl sites for hydroxylation is 1. The highest BCUT2D eigenvalue weighted by Gasteiger charge is 2.22. The van der Waals surface area contributed by atoms with Crippen LogP contribution in [0.15, 0.2) is 70.1 Å². The van der Waals surface area contributed by atoms with E-state index >= 15 is 0 Å². The van der Waals surface area contributed by atoms with Gasteiger partial charge in [-0.05, 0) is 36.8 Å². The molecule has 0 saturated heterocycles. The van der Waals surface area contributed by atoms with Crippen molar-refractivity contribution >= 4 is 17.5 Å². The summed E-state index contributed by atoms with van der Waals surface area (Å²) < 4.78 is 10.6. The van der Waals surface area contributed by atoms with Gasteiger partial charge < -0.3 is 14.3 Å². The van der Waals surface area contributed by atoms with Crippen LogP contribution in [0.2, 0.25) is 5.02 Å². The molecule has 0 atom stereocenters. The molecule has 3 heterocycles. The molecule has 4 rings (SSSR count). The highest BCUT2D eigenvalue weighted by Crippen LogP contribution is 2.31. The van der Waals surface area contributed by atoms with Gasteiger partial charge in [-0.1, -0.05) is 35.0 Å². The molecule has 0 bridgehead atoms. The second-order valence-corrected chi connectivity index (χ2v) is 6.59. The Hall–Kier alpha value is -3.38. The highest BCUT2D eigenvalue weighted by molar-refractivity contribution is 6.33. The fourth-order valence-corrected chi connectivity index (χ4v) is 3.13. The van der Waals surface area contributed by atoms with Gasteiger partial charge in [0.25, 0.3) is 5.91 Å². The summed E-state index contributed by atoms with van der Waals surface area (Å²) in [7, 11) is 0. The van der Waals surface area contributed by atoms with Gasteiger partial charge in [-0.3, -0.25) is 9.78 Å². The van der Waals surface area contributed by atoms with E-state index in [1.807, 2.05) is 30.3 Å². The summed E-state index contributed by atoms with van der Waals surface area (Å²) in [6, 6.07) is 12.8. The number of aromatic nitrogens is 2. The molecule has 0 spiro atoms. The molecule has 140 valence electrons. The Kier molecular flexibility index (Phi) is 4.95. The molecule has 4 aromatic rings. The van der Waals surface area contributed by atoms with Crippen molar-refractivity contribution in [3.8, 4) is 22.6 Å². The Morgan fingerprint density at radius 3 is 2.82 bits per heavy atom. The number of nitrogens with zero attached hydrogens (tertiary/aromatic N) is 2. The van der Waals surface area contributed by atoms with Crippen molar-refractivity contribution in [3.63, 3.8) is 0 Å². The van der Waals surface area contributed by atoms with Crippen molar-refractivity contribution in [1.82, 2.24) is 15.5 Å². The van der Waals surface area contributed by atoms with Gasteiger partial charge >= 0.3 is 0 Å². The minimum Gasteiger partial charge on any atom is -0.464 e. The average molecular weight is 394 g/mol. The van der Waals surface area contributed by atoms with Crippen molar-refractivity contribution in [2.45, 2.75) is 13.5 Å². The van der Waals surface area contributed by atoms with Crippen LogP contribution in [-0.4, -0.2) is 16.0 Å². The lowest BCUT2D eigenvalue weighted by Crippen LogP contribution is -2.23. The number of nitrogens with one attached hydrogen (secondary N) is 1. The van der Waals surface area contributed by atoms with E-state index in [2.05, 4.69) is 15.5 Å². The van der Waals surface area contributed by atoms with Crippen LogP contribution in [0.25, 0.3) is 22.6 Å². The van der Waals surface area contributed by atoms with E-state index in [9.17, 15) is 4.79 Å². The third-order valence-corrected chi connectivity index (χ3v) is 4.60. The molecule has 1 aromatic carbocycles. The molecular weight excluding hydrogens is 378 g/mol. The van der Waals surface area contributed by atoms with Crippen molar-refractivity contribution < 1.29 is 13.7 Å². The maximum absolute atomic E-state index is 12.8. The number of rotatable bonds is 5. The maximum atomic E-state index is 12.8. The monoisotopic (exact) mass is 393 g/mol. The molecule has 3 aromatic heterocycles. The molecule has 0 fully saturated rings. The molecule has 7 heteroatoms. The lowest BCUT2D eigenvalue weighted by molar-refractivity contribution is 0.0950. The second kappa shape index (κ2) is 7.70. The first-order valence-electron chi connectivity index (χ1n) is 8.60. The van der Waals surface area contributed by atoms with Crippen LogP contribution in [0, 0.1) is 6.92 Å². The topological polar surface area (TPSA) is 81.2 Å². The molecule has 1 amide bonds. The summed E-state index contributed by atoms with van der Waals surface area (Å²) in [5.74, 6) is 0.850. The Balaban J connectivity index is 1.55. The highest BCUT2D eigenvalue weighted by atomic mass is 35.5. The largest absolute Gasteiger partial charge is 0.464 e. The van der Waals surface area contributed by atoms with Crippen molar-refractivity contribution in [1.29, 1.82) is 0 Å². The Morgan fingerprint density at radius 2 is 2.04 bits per heavy atom. The standard InChI is InChI=1S/C21H16ClN3O3/c1-13-19(20(25-28-13)16-5-2-3-6-17(16)22)21(26)24-11-14-9-15(12-23-10-14)18-7-4-8-27-18/h2-10,12H,11H2,1H3,(H,24,26). The molecule has 0 aliphatic carbocycles.